The predicted octanol–water partition coefficient (Wildman–Crippen LogP) is 2.62. The number of rotatable bonds is 5. The molecule has 1 aliphatic heterocycles. The Kier molecular flexibility index (Phi) is 4.42. The number of nitrogens with one attached hydrogen (secondary N) is 1. The fraction of sp³-hybridized carbons (Fsp3) is 0.211. The van der Waals surface area contributed by atoms with Crippen LogP contribution in [0.5, 0.6) is 0 Å². The Morgan fingerprint density at radius 2 is 1.54 bits per heavy atom. The Labute approximate surface area is 140 Å². The molecule has 0 spiro atoms. The van der Waals surface area contributed by atoms with Crippen LogP contribution in [0, 0.1) is 0 Å². The third-order valence-corrected chi connectivity index (χ3v) is 3.97. The fourth-order valence-corrected chi connectivity index (χ4v) is 2.67. The number of carbonyl (C=O) groups excluding carboxylic acids is 3. The lowest BCUT2D eigenvalue weighted by molar-refractivity contribution is 0.0642. The second-order valence-corrected chi connectivity index (χ2v) is 5.69. The summed E-state index contributed by atoms with van der Waals surface area (Å²) in [6.45, 7) is 2.82. The van der Waals surface area contributed by atoms with Gasteiger partial charge in [-0.25, -0.2) is 0 Å². The SMILES string of the molecule is CCCNC(=O)c1ccc(CN2C(=O)c3ccccc3C2=O)cc1. The topological polar surface area (TPSA) is 66.5 Å². The molecule has 1 aliphatic rings. The number of benzene rings is 2. The van der Waals surface area contributed by atoms with Crippen LogP contribution in [0.3, 0.4) is 0 Å². The Morgan fingerprint density at radius 3 is 2.08 bits per heavy atom. The Bertz CT molecular complexity index is 762. The molecule has 0 saturated carbocycles. The predicted molar refractivity (Wildman–Crippen MR) is 89.7 cm³/mol. The van der Waals surface area contributed by atoms with E-state index in [1.807, 2.05) is 6.92 Å². The third kappa shape index (κ3) is 2.93. The summed E-state index contributed by atoms with van der Waals surface area (Å²) >= 11 is 0. The second kappa shape index (κ2) is 6.66. The minimum Gasteiger partial charge on any atom is -0.352 e. The van der Waals surface area contributed by atoms with Gasteiger partial charge in [-0.1, -0.05) is 31.2 Å². The van der Waals surface area contributed by atoms with Crippen molar-refractivity contribution in [1.82, 2.24) is 10.2 Å². The van der Waals surface area contributed by atoms with Gasteiger partial charge in [-0.2, -0.15) is 0 Å². The first kappa shape index (κ1) is 15.9. The fourth-order valence-electron chi connectivity index (χ4n) is 2.67. The third-order valence-electron chi connectivity index (χ3n) is 3.97. The van der Waals surface area contributed by atoms with Crippen LogP contribution in [-0.4, -0.2) is 29.2 Å². The van der Waals surface area contributed by atoms with Crippen LogP contribution in [0.15, 0.2) is 48.5 Å². The summed E-state index contributed by atoms with van der Waals surface area (Å²) in [6.07, 6.45) is 0.879. The Hall–Kier alpha value is -2.95. The summed E-state index contributed by atoms with van der Waals surface area (Å²) in [5, 5.41) is 2.81. The van der Waals surface area contributed by atoms with Crippen LogP contribution in [0.4, 0.5) is 0 Å². The zero-order valence-corrected chi connectivity index (χ0v) is 13.4. The average Bonchev–Trinajstić information content (AvgIpc) is 2.85. The van der Waals surface area contributed by atoms with Crippen LogP contribution < -0.4 is 5.32 Å². The molecule has 3 rings (SSSR count). The van der Waals surface area contributed by atoms with Crippen molar-refractivity contribution in [2.45, 2.75) is 19.9 Å². The van der Waals surface area contributed by atoms with Crippen LogP contribution in [-0.2, 0) is 6.54 Å². The van der Waals surface area contributed by atoms with Crippen LogP contribution in [0.25, 0.3) is 0 Å². The summed E-state index contributed by atoms with van der Waals surface area (Å²) in [6, 6.07) is 13.8. The van der Waals surface area contributed by atoms with E-state index in [1.54, 1.807) is 48.5 Å². The monoisotopic (exact) mass is 322 g/mol. The molecule has 5 heteroatoms. The quantitative estimate of drug-likeness (QED) is 0.861. The standard InChI is InChI=1S/C19H18N2O3/c1-2-11-20-17(22)14-9-7-13(8-10-14)12-21-18(23)15-5-3-4-6-16(15)19(21)24/h3-10H,2,11-12H2,1H3,(H,20,22). The van der Waals surface area contributed by atoms with Gasteiger partial charge in [0.15, 0.2) is 0 Å². The highest BCUT2D eigenvalue weighted by Gasteiger charge is 2.34. The number of fused-ring (bicyclic) bond motifs is 1. The lowest BCUT2D eigenvalue weighted by atomic mass is 10.1. The summed E-state index contributed by atoms with van der Waals surface area (Å²) < 4.78 is 0. The van der Waals surface area contributed by atoms with Crippen molar-refractivity contribution in [3.05, 3.63) is 70.8 Å². The molecule has 0 bridgehead atoms. The Morgan fingerprint density at radius 1 is 0.958 bits per heavy atom. The molecule has 0 unspecified atom stereocenters. The van der Waals surface area contributed by atoms with Crippen molar-refractivity contribution in [2.75, 3.05) is 6.54 Å². The zero-order chi connectivity index (χ0) is 17.1. The van der Waals surface area contributed by atoms with E-state index in [4.69, 9.17) is 0 Å². The van der Waals surface area contributed by atoms with Gasteiger partial charge in [0.05, 0.1) is 17.7 Å². The smallest absolute Gasteiger partial charge is 0.261 e. The van der Waals surface area contributed by atoms with Crippen molar-refractivity contribution in [3.8, 4) is 0 Å². The molecule has 1 heterocycles. The zero-order valence-electron chi connectivity index (χ0n) is 13.4. The van der Waals surface area contributed by atoms with E-state index >= 15 is 0 Å². The molecule has 122 valence electrons. The first-order valence-corrected chi connectivity index (χ1v) is 7.94. The van der Waals surface area contributed by atoms with Gasteiger partial charge >= 0.3 is 0 Å². The van der Waals surface area contributed by atoms with Crippen molar-refractivity contribution in [3.63, 3.8) is 0 Å². The minimum atomic E-state index is -0.277. The number of carbonyl (C=O) groups is 3. The molecular weight excluding hydrogens is 304 g/mol. The molecule has 24 heavy (non-hydrogen) atoms. The second-order valence-electron chi connectivity index (χ2n) is 5.69. The maximum atomic E-state index is 12.3. The van der Waals surface area contributed by atoms with Crippen molar-refractivity contribution >= 4 is 17.7 Å². The van der Waals surface area contributed by atoms with E-state index in [2.05, 4.69) is 5.32 Å². The molecule has 5 nitrogen and oxygen atoms in total. The van der Waals surface area contributed by atoms with Gasteiger partial charge in [-0.15, -0.1) is 0 Å². The van der Waals surface area contributed by atoms with E-state index in [-0.39, 0.29) is 24.3 Å². The average molecular weight is 322 g/mol. The first-order valence-electron chi connectivity index (χ1n) is 7.94. The maximum Gasteiger partial charge on any atom is 0.261 e. The molecule has 2 aromatic carbocycles. The van der Waals surface area contributed by atoms with Crippen LogP contribution in [0.1, 0.15) is 50.0 Å². The normalized spacial score (nSPS) is 13.1. The van der Waals surface area contributed by atoms with Gasteiger partial charge in [-0.3, -0.25) is 19.3 Å². The molecule has 2 aromatic rings. The van der Waals surface area contributed by atoms with E-state index in [0.29, 0.717) is 23.2 Å². The van der Waals surface area contributed by atoms with E-state index in [1.165, 1.54) is 4.90 Å². The van der Waals surface area contributed by atoms with Crippen molar-refractivity contribution < 1.29 is 14.4 Å². The number of nitrogens with zero attached hydrogens (tertiary/aromatic N) is 1. The molecule has 0 saturated heterocycles. The maximum absolute atomic E-state index is 12.3. The molecule has 1 N–H and O–H groups in total. The largest absolute Gasteiger partial charge is 0.352 e. The molecule has 0 aliphatic carbocycles. The number of hydrogen-bond acceptors (Lipinski definition) is 3. The lowest BCUT2D eigenvalue weighted by Gasteiger charge is -2.14. The molecule has 0 atom stereocenters. The molecular formula is C19H18N2O3. The van der Waals surface area contributed by atoms with Gasteiger partial charge in [0.25, 0.3) is 17.7 Å². The van der Waals surface area contributed by atoms with Gasteiger partial charge < -0.3 is 5.32 Å². The van der Waals surface area contributed by atoms with Crippen molar-refractivity contribution in [2.24, 2.45) is 0 Å². The van der Waals surface area contributed by atoms with E-state index in [9.17, 15) is 14.4 Å². The summed E-state index contributed by atoms with van der Waals surface area (Å²) in [7, 11) is 0. The Balaban J connectivity index is 1.72. The molecule has 0 aromatic heterocycles. The molecule has 0 fully saturated rings. The van der Waals surface area contributed by atoms with Crippen LogP contribution >= 0.6 is 0 Å². The molecule has 0 radical (unpaired) electrons. The summed E-state index contributed by atoms with van der Waals surface area (Å²) in [5.74, 6) is -0.676. The first-order chi connectivity index (χ1) is 11.6. The van der Waals surface area contributed by atoms with Gasteiger partial charge in [0.1, 0.15) is 0 Å². The van der Waals surface area contributed by atoms with E-state index < -0.39 is 0 Å². The summed E-state index contributed by atoms with van der Waals surface area (Å²) in [5.41, 5.74) is 2.25. The number of amides is 3. The number of imide groups is 1. The van der Waals surface area contributed by atoms with Crippen molar-refractivity contribution in [1.29, 1.82) is 0 Å². The highest BCUT2D eigenvalue weighted by Crippen LogP contribution is 2.24. The highest BCUT2D eigenvalue weighted by molar-refractivity contribution is 6.21. The van der Waals surface area contributed by atoms with Gasteiger partial charge in [0, 0.05) is 12.1 Å². The lowest BCUT2D eigenvalue weighted by Crippen LogP contribution is -2.29. The molecule has 3 amide bonds. The van der Waals surface area contributed by atoms with Crippen LogP contribution in [0.2, 0.25) is 0 Å². The summed E-state index contributed by atoms with van der Waals surface area (Å²) in [4.78, 5) is 37.8. The highest BCUT2D eigenvalue weighted by atomic mass is 16.2. The minimum absolute atomic E-state index is 0.121. The number of hydrogen-bond donors (Lipinski definition) is 1. The van der Waals surface area contributed by atoms with Gasteiger partial charge in [0.2, 0.25) is 0 Å². The van der Waals surface area contributed by atoms with Gasteiger partial charge in [-0.05, 0) is 36.2 Å². The van der Waals surface area contributed by atoms with E-state index in [0.717, 1.165) is 12.0 Å².